The Morgan fingerprint density at radius 1 is 1.33 bits per heavy atom. The van der Waals surface area contributed by atoms with Gasteiger partial charge in [0.15, 0.2) is 0 Å². The summed E-state index contributed by atoms with van der Waals surface area (Å²) in [5.41, 5.74) is 0. The Kier molecular flexibility index (Phi) is 3.26. The molecule has 86 valence electrons. The van der Waals surface area contributed by atoms with Crippen molar-refractivity contribution in [2.75, 3.05) is 39.8 Å². The minimum Gasteiger partial charge on any atom is -0.480 e. The molecule has 1 atom stereocenters. The number of likely N-dealkylation sites (tertiary alicyclic amines) is 2. The number of carbonyl (C=O) groups is 1. The zero-order valence-corrected chi connectivity index (χ0v) is 9.35. The molecule has 1 N–H and O–H groups in total. The summed E-state index contributed by atoms with van der Waals surface area (Å²) >= 11 is 0. The van der Waals surface area contributed by atoms with Crippen LogP contribution in [0.3, 0.4) is 0 Å². The molecule has 2 aliphatic rings. The smallest absolute Gasteiger partial charge is 0.317 e. The lowest BCUT2D eigenvalue weighted by Crippen LogP contribution is -2.52. The largest absolute Gasteiger partial charge is 0.480 e. The third kappa shape index (κ3) is 2.69. The van der Waals surface area contributed by atoms with E-state index in [1.54, 1.807) is 0 Å². The second kappa shape index (κ2) is 4.49. The summed E-state index contributed by atoms with van der Waals surface area (Å²) in [6, 6.07) is 0. The van der Waals surface area contributed by atoms with Crippen LogP contribution in [0.15, 0.2) is 0 Å². The molecule has 0 aromatic carbocycles. The van der Waals surface area contributed by atoms with Crippen LogP contribution in [0.5, 0.6) is 0 Å². The van der Waals surface area contributed by atoms with Crippen LogP contribution in [0.1, 0.15) is 12.8 Å². The zero-order chi connectivity index (χ0) is 10.8. The highest BCUT2D eigenvalue weighted by atomic mass is 16.4. The Labute approximate surface area is 90.9 Å². The molecule has 2 rings (SSSR count). The fourth-order valence-corrected chi connectivity index (χ4v) is 2.86. The Hall–Kier alpha value is -0.610. The van der Waals surface area contributed by atoms with Crippen molar-refractivity contribution in [1.29, 1.82) is 0 Å². The molecule has 0 spiro atoms. The van der Waals surface area contributed by atoms with Crippen LogP contribution in [0, 0.1) is 11.8 Å². The molecule has 2 saturated heterocycles. The van der Waals surface area contributed by atoms with Crippen molar-refractivity contribution in [3.05, 3.63) is 0 Å². The highest BCUT2D eigenvalue weighted by molar-refractivity contribution is 5.69. The first kappa shape index (κ1) is 10.9. The van der Waals surface area contributed by atoms with Gasteiger partial charge in [-0.25, -0.2) is 0 Å². The first-order chi connectivity index (χ1) is 7.15. The van der Waals surface area contributed by atoms with E-state index in [1.165, 1.54) is 19.5 Å². The minimum atomic E-state index is -0.693. The van der Waals surface area contributed by atoms with Crippen molar-refractivity contribution < 1.29 is 9.90 Å². The molecule has 0 aliphatic carbocycles. The lowest BCUT2D eigenvalue weighted by atomic mass is 9.81. The maximum Gasteiger partial charge on any atom is 0.317 e. The zero-order valence-electron chi connectivity index (χ0n) is 9.35. The molecule has 0 radical (unpaired) electrons. The summed E-state index contributed by atoms with van der Waals surface area (Å²) in [6.07, 6.45) is 2.45. The van der Waals surface area contributed by atoms with E-state index in [1.807, 2.05) is 0 Å². The molecule has 4 heteroatoms. The van der Waals surface area contributed by atoms with Gasteiger partial charge < -0.3 is 10.0 Å². The molecule has 4 nitrogen and oxygen atoms in total. The first-order valence-electron chi connectivity index (χ1n) is 5.78. The minimum absolute atomic E-state index is 0.221. The van der Waals surface area contributed by atoms with Crippen LogP contribution < -0.4 is 0 Å². The van der Waals surface area contributed by atoms with Crippen molar-refractivity contribution in [3.8, 4) is 0 Å². The molecule has 0 aromatic heterocycles. The van der Waals surface area contributed by atoms with Crippen molar-refractivity contribution in [1.82, 2.24) is 9.80 Å². The Morgan fingerprint density at radius 3 is 2.67 bits per heavy atom. The summed E-state index contributed by atoms with van der Waals surface area (Å²) in [5.74, 6) is 0.849. The van der Waals surface area contributed by atoms with E-state index >= 15 is 0 Å². The van der Waals surface area contributed by atoms with E-state index in [-0.39, 0.29) is 6.54 Å². The van der Waals surface area contributed by atoms with Crippen LogP contribution in [0.25, 0.3) is 0 Å². The van der Waals surface area contributed by atoms with Crippen LogP contribution >= 0.6 is 0 Å². The monoisotopic (exact) mass is 212 g/mol. The summed E-state index contributed by atoms with van der Waals surface area (Å²) in [4.78, 5) is 15.1. The highest BCUT2D eigenvalue weighted by Crippen LogP contribution is 2.29. The van der Waals surface area contributed by atoms with Gasteiger partial charge in [0.1, 0.15) is 0 Å². The predicted molar refractivity (Wildman–Crippen MR) is 57.8 cm³/mol. The topological polar surface area (TPSA) is 43.8 Å². The second-order valence-electron chi connectivity index (χ2n) is 5.01. The maximum absolute atomic E-state index is 10.6. The van der Waals surface area contributed by atoms with Gasteiger partial charge in [-0.3, -0.25) is 9.69 Å². The fraction of sp³-hybridized carbons (Fsp3) is 0.909. The number of carboxylic acids is 1. The number of carboxylic acid groups (broad SMARTS) is 1. The van der Waals surface area contributed by atoms with Gasteiger partial charge >= 0.3 is 5.97 Å². The van der Waals surface area contributed by atoms with Crippen LogP contribution in [-0.4, -0.2) is 60.6 Å². The summed E-state index contributed by atoms with van der Waals surface area (Å²) in [6.45, 7) is 4.58. The summed E-state index contributed by atoms with van der Waals surface area (Å²) < 4.78 is 0. The molecule has 0 aromatic rings. The molecule has 2 aliphatic heterocycles. The molecule has 15 heavy (non-hydrogen) atoms. The quantitative estimate of drug-likeness (QED) is 0.733. The van der Waals surface area contributed by atoms with E-state index in [9.17, 15) is 4.79 Å². The Morgan fingerprint density at radius 2 is 2.07 bits per heavy atom. The van der Waals surface area contributed by atoms with Crippen LogP contribution in [0.2, 0.25) is 0 Å². The Balaban J connectivity index is 1.79. The average molecular weight is 212 g/mol. The number of hydrogen-bond donors (Lipinski definition) is 1. The van der Waals surface area contributed by atoms with Gasteiger partial charge in [-0.05, 0) is 38.3 Å². The molecule has 0 bridgehead atoms. The van der Waals surface area contributed by atoms with E-state index in [0.717, 1.165) is 31.3 Å². The van der Waals surface area contributed by atoms with Gasteiger partial charge in [-0.1, -0.05) is 0 Å². The second-order valence-corrected chi connectivity index (χ2v) is 5.01. The molecule has 1 unspecified atom stereocenters. The van der Waals surface area contributed by atoms with Crippen molar-refractivity contribution in [3.63, 3.8) is 0 Å². The van der Waals surface area contributed by atoms with E-state index in [2.05, 4.69) is 16.8 Å². The lowest BCUT2D eigenvalue weighted by Gasteiger charge is -2.44. The number of rotatable bonds is 3. The lowest BCUT2D eigenvalue weighted by molar-refractivity contribution is -0.139. The van der Waals surface area contributed by atoms with E-state index < -0.39 is 5.97 Å². The number of hydrogen-bond acceptors (Lipinski definition) is 3. The van der Waals surface area contributed by atoms with Crippen LogP contribution in [0.4, 0.5) is 0 Å². The van der Waals surface area contributed by atoms with Gasteiger partial charge in [0, 0.05) is 19.6 Å². The average Bonchev–Trinajstić information content (AvgIpc) is 2.12. The Bertz CT molecular complexity index is 239. The van der Waals surface area contributed by atoms with Gasteiger partial charge in [-0.15, -0.1) is 0 Å². The van der Waals surface area contributed by atoms with Crippen molar-refractivity contribution in [2.45, 2.75) is 12.8 Å². The van der Waals surface area contributed by atoms with E-state index in [0.29, 0.717) is 0 Å². The third-order valence-corrected chi connectivity index (χ3v) is 3.66. The van der Waals surface area contributed by atoms with Gasteiger partial charge in [0.2, 0.25) is 0 Å². The fourth-order valence-electron chi connectivity index (χ4n) is 2.86. The number of piperidine rings is 1. The van der Waals surface area contributed by atoms with Gasteiger partial charge in [0.25, 0.3) is 0 Å². The summed E-state index contributed by atoms with van der Waals surface area (Å²) in [5, 5.41) is 8.75. The number of nitrogens with zero attached hydrogens (tertiary/aromatic N) is 2. The molecule has 2 fully saturated rings. The first-order valence-corrected chi connectivity index (χ1v) is 5.78. The maximum atomic E-state index is 10.6. The number of aliphatic carboxylic acids is 1. The normalized spacial score (nSPS) is 30.1. The SMILES string of the molecule is CN1CC(C2CCCN(CC(=O)O)C2)C1. The van der Waals surface area contributed by atoms with Gasteiger partial charge in [0.05, 0.1) is 6.54 Å². The van der Waals surface area contributed by atoms with Crippen molar-refractivity contribution >= 4 is 5.97 Å². The third-order valence-electron chi connectivity index (χ3n) is 3.66. The van der Waals surface area contributed by atoms with Crippen molar-refractivity contribution in [2.24, 2.45) is 11.8 Å². The highest BCUT2D eigenvalue weighted by Gasteiger charge is 2.34. The van der Waals surface area contributed by atoms with Crippen LogP contribution in [-0.2, 0) is 4.79 Å². The predicted octanol–water partition coefficient (Wildman–Crippen LogP) is 0.345. The summed E-state index contributed by atoms with van der Waals surface area (Å²) in [7, 11) is 2.15. The van der Waals surface area contributed by atoms with Gasteiger partial charge in [-0.2, -0.15) is 0 Å². The molecular weight excluding hydrogens is 192 g/mol. The van der Waals surface area contributed by atoms with E-state index in [4.69, 9.17) is 5.11 Å². The molecule has 0 amide bonds. The molecular formula is C11H20N2O2. The molecule has 0 saturated carbocycles. The standard InChI is InChI=1S/C11H20N2O2/c1-12-5-10(6-12)9-3-2-4-13(7-9)8-11(14)15/h9-10H,2-8H2,1H3,(H,14,15). The molecule has 2 heterocycles.